The second kappa shape index (κ2) is 6.64. The Morgan fingerprint density at radius 2 is 1.89 bits per heavy atom. The van der Waals surface area contributed by atoms with Crippen molar-refractivity contribution in [2.45, 2.75) is 11.8 Å². The van der Waals surface area contributed by atoms with E-state index < -0.39 is 0 Å². The van der Waals surface area contributed by atoms with Gasteiger partial charge in [0.2, 0.25) is 0 Å². The minimum atomic E-state index is 0.739. The molecule has 2 rings (SSSR count). The van der Waals surface area contributed by atoms with Crippen LogP contribution in [0.4, 0.5) is 5.69 Å². The van der Waals surface area contributed by atoms with Crippen LogP contribution in [0, 0.1) is 6.92 Å². The zero-order chi connectivity index (χ0) is 13.7. The van der Waals surface area contributed by atoms with Gasteiger partial charge in [0.15, 0.2) is 0 Å². The van der Waals surface area contributed by atoms with Gasteiger partial charge < -0.3 is 4.31 Å². The third-order valence-corrected chi connectivity index (χ3v) is 3.61. The molecule has 0 saturated carbocycles. The van der Waals surface area contributed by atoms with Crippen LogP contribution in [0.1, 0.15) is 5.56 Å². The van der Waals surface area contributed by atoms with Crippen molar-refractivity contribution >= 4 is 35.6 Å². The lowest BCUT2D eigenvalue weighted by molar-refractivity contribution is 0.869. The van der Waals surface area contributed by atoms with E-state index in [-0.39, 0.29) is 0 Å². The summed E-state index contributed by atoms with van der Waals surface area (Å²) in [7, 11) is 1.98. The minimum Gasteiger partial charge on any atom is -0.306 e. The number of hydrogen-bond acceptors (Lipinski definition) is 2. The molecule has 98 valence electrons. The van der Waals surface area contributed by atoms with Crippen molar-refractivity contribution in [1.82, 2.24) is 4.31 Å². The number of halogens is 1. The zero-order valence-electron chi connectivity index (χ0n) is 10.9. The number of hydrogen-bond donors (Lipinski definition) is 0. The third kappa shape index (κ3) is 4.30. The Morgan fingerprint density at radius 3 is 2.58 bits per heavy atom. The first kappa shape index (κ1) is 14.0. The molecule has 0 spiro atoms. The van der Waals surface area contributed by atoms with Crippen LogP contribution < -0.4 is 0 Å². The Balaban J connectivity index is 2.02. The molecule has 19 heavy (non-hydrogen) atoms. The molecular weight excluding hydrogens is 276 g/mol. The lowest BCUT2D eigenvalue weighted by Crippen LogP contribution is -2.04. The summed E-state index contributed by atoms with van der Waals surface area (Å²) in [6.07, 6.45) is 1.81. The molecule has 0 bridgehead atoms. The van der Waals surface area contributed by atoms with Crippen molar-refractivity contribution in [3.8, 4) is 0 Å². The Labute approximate surface area is 123 Å². The van der Waals surface area contributed by atoms with Crippen LogP contribution in [-0.4, -0.2) is 17.7 Å². The van der Waals surface area contributed by atoms with E-state index in [0.29, 0.717) is 0 Å². The van der Waals surface area contributed by atoms with Gasteiger partial charge in [-0.1, -0.05) is 29.8 Å². The van der Waals surface area contributed by atoms with Gasteiger partial charge in [-0.25, -0.2) is 4.99 Å². The molecule has 2 aromatic rings. The van der Waals surface area contributed by atoms with Crippen molar-refractivity contribution in [3.63, 3.8) is 0 Å². The summed E-state index contributed by atoms with van der Waals surface area (Å²) in [6, 6.07) is 15.9. The third-order valence-electron chi connectivity index (χ3n) is 2.51. The second-order valence-electron chi connectivity index (χ2n) is 4.13. The van der Waals surface area contributed by atoms with E-state index in [1.807, 2.05) is 61.0 Å². The average Bonchev–Trinajstić information content (AvgIpc) is 2.39. The van der Waals surface area contributed by atoms with Crippen molar-refractivity contribution < 1.29 is 0 Å². The molecule has 2 nitrogen and oxygen atoms in total. The van der Waals surface area contributed by atoms with Gasteiger partial charge in [-0.05, 0) is 54.8 Å². The first-order valence-electron chi connectivity index (χ1n) is 5.91. The van der Waals surface area contributed by atoms with Gasteiger partial charge in [0.1, 0.15) is 6.34 Å². The smallest absolute Gasteiger partial charge is 0.101 e. The number of rotatable bonds is 4. The summed E-state index contributed by atoms with van der Waals surface area (Å²) in [4.78, 5) is 5.65. The monoisotopic (exact) mass is 290 g/mol. The highest BCUT2D eigenvalue weighted by atomic mass is 35.5. The van der Waals surface area contributed by atoms with Gasteiger partial charge in [0, 0.05) is 17.0 Å². The van der Waals surface area contributed by atoms with Crippen molar-refractivity contribution in [2.75, 3.05) is 7.05 Å². The summed E-state index contributed by atoms with van der Waals surface area (Å²) in [5, 5.41) is 0.739. The Bertz CT molecular complexity index is 570. The molecule has 0 saturated heterocycles. The zero-order valence-corrected chi connectivity index (χ0v) is 12.4. The van der Waals surface area contributed by atoms with Crippen LogP contribution in [0.3, 0.4) is 0 Å². The fourth-order valence-corrected chi connectivity index (χ4v) is 2.51. The number of aliphatic imine (C=N–C) groups is 1. The van der Waals surface area contributed by atoms with Gasteiger partial charge in [-0.15, -0.1) is 0 Å². The molecule has 2 aromatic carbocycles. The summed E-state index contributed by atoms with van der Waals surface area (Å²) in [5.41, 5.74) is 2.01. The molecule has 4 heteroatoms. The van der Waals surface area contributed by atoms with E-state index in [1.54, 1.807) is 11.9 Å². The molecule has 0 atom stereocenters. The van der Waals surface area contributed by atoms with Crippen LogP contribution >= 0.6 is 23.5 Å². The predicted octanol–water partition coefficient (Wildman–Crippen LogP) is 4.95. The highest BCUT2D eigenvalue weighted by Gasteiger charge is 1.99. The van der Waals surface area contributed by atoms with Crippen molar-refractivity contribution in [2.24, 2.45) is 4.99 Å². The maximum Gasteiger partial charge on any atom is 0.101 e. The van der Waals surface area contributed by atoms with E-state index in [1.165, 1.54) is 4.90 Å². The fraction of sp³-hybridized carbons (Fsp3) is 0.133. The SMILES string of the molecule is Cc1cc(Cl)ccc1N=CN(C)Sc1ccccc1. The molecule has 0 aliphatic carbocycles. The summed E-state index contributed by atoms with van der Waals surface area (Å²) in [5.74, 6) is 0. The molecule has 0 radical (unpaired) electrons. The quantitative estimate of drug-likeness (QED) is 0.450. The predicted molar refractivity (Wildman–Crippen MR) is 84.4 cm³/mol. The van der Waals surface area contributed by atoms with Crippen LogP contribution in [0.15, 0.2) is 58.4 Å². The van der Waals surface area contributed by atoms with Crippen LogP contribution in [0.2, 0.25) is 5.02 Å². The van der Waals surface area contributed by atoms with Gasteiger partial charge in [0.05, 0.1) is 5.69 Å². The van der Waals surface area contributed by atoms with Crippen molar-refractivity contribution in [1.29, 1.82) is 0 Å². The summed E-state index contributed by atoms with van der Waals surface area (Å²) >= 11 is 7.55. The molecule has 0 unspecified atom stereocenters. The summed E-state index contributed by atoms with van der Waals surface area (Å²) in [6.45, 7) is 2.00. The van der Waals surface area contributed by atoms with Crippen molar-refractivity contribution in [3.05, 3.63) is 59.1 Å². The van der Waals surface area contributed by atoms with E-state index >= 15 is 0 Å². The first-order chi connectivity index (χ1) is 9.15. The topological polar surface area (TPSA) is 15.6 Å². The maximum absolute atomic E-state index is 5.92. The number of aryl methyl sites for hydroxylation is 1. The lowest BCUT2D eigenvalue weighted by Gasteiger charge is -2.11. The summed E-state index contributed by atoms with van der Waals surface area (Å²) < 4.78 is 1.98. The lowest BCUT2D eigenvalue weighted by atomic mass is 10.2. The molecule has 0 N–H and O–H groups in total. The molecule has 0 amide bonds. The van der Waals surface area contributed by atoms with Gasteiger partial charge in [0.25, 0.3) is 0 Å². The normalized spacial score (nSPS) is 10.9. The average molecular weight is 291 g/mol. The minimum absolute atomic E-state index is 0.739. The highest BCUT2D eigenvalue weighted by molar-refractivity contribution is 7.97. The Kier molecular flexibility index (Phi) is 4.88. The fourth-order valence-electron chi connectivity index (χ4n) is 1.58. The standard InChI is InChI=1S/C15H15ClN2S/c1-12-10-13(16)8-9-15(12)17-11-18(2)19-14-6-4-3-5-7-14/h3-11H,1-2H3. The largest absolute Gasteiger partial charge is 0.306 e. The van der Waals surface area contributed by atoms with Crippen LogP contribution in [-0.2, 0) is 0 Å². The van der Waals surface area contributed by atoms with E-state index in [9.17, 15) is 0 Å². The highest BCUT2D eigenvalue weighted by Crippen LogP contribution is 2.23. The van der Waals surface area contributed by atoms with E-state index in [2.05, 4.69) is 17.1 Å². The van der Waals surface area contributed by atoms with E-state index in [4.69, 9.17) is 11.6 Å². The molecular formula is C15H15ClN2S. The Morgan fingerprint density at radius 1 is 1.16 bits per heavy atom. The van der Waals surface area contributed by atoms with Crippen LogP contribution in [0.25, 0.3) is 0 Å². The van der Waals surface area contributed by atoms with E-state index in [0.717, 1.165) is 16.3 Å². The Hall–Kier alpha value is -1.45. The van der Waals surface area contributed by atoms with Gasteiger partial charge >= 0.3 is 0 Å². The van der Waals surface area contributed by atoms with Gasteiger partial charge in [-0.2, -0.15) is 0 Å². The molecule has 0 heterocycles. The second-order valence-corrected chi connectivity index (χ2v) is 5.79. The van der Waals surface area contributed by atoms with Gasteiger partial charge in [-0.3, -0.25) is 0 Å². The molecule has 0 aliphatic rings. The molecule has 0 aliphatic heterocycles. The first-order valence-corrected chi connectivity index (χ1v) is 7.06. The number of benzene rings is 2. The molecule has 0 fully saturated rings. The van der Waals surface area contributed by atoms with Crippen LogP contribution in [0.5, 0.6) is 0 Å². The number of nitrogens with zero attached hydrogens (tertiary/aromatic N) is 2. The maximum atomic E-state index is 5.92. The molecule has 0 aromatic heterocycles.